The highest BCUT2D eigenvalue weighted by atomic mass is 32.1. The Hall–Kier alpha value is -1.66. The van der Waals surface area contributed by atoms with Crippen LogP contribution < -0.4 is 5.32 Å². The van der Waals surface area contributed by atoms with Crippen LogP contribution in [0, 0.1) is 6.92 Å². The Bertz CT molecular complexity index is 621. The molecular formula is C15H19N3O2S. The number of likely N-dealkylation sites (N-methyl/N-ethyl adjacent to an activating group) is 1. The molecule has 1 fully saturated rings. The summed E-state index contributed by atoms with van der Waals surface area (Å²) < 4.78 is 5.60. The average molecular weight is 305 g/mol. The maximum absolute atomic E-state index is 12.3. The number of nitrogens with one attached hydrogen (secondary N) is 1. The van der Waals surface area contributed by atoms with Gasteiger partial charge in [0.05, 0.1) is 4.88 Å². The van der Waals surface area contributed by atoms with Gasteiger partial charge in [-0.3, -0.25) is 4.79 Å². The van der Waals surface area contributed by atoms with Crippen molar-refractivity contribution in [1.82, 2.24) is 15.2 Å². The topological polar surface area (TPSA) is 58.4 Å². The van der Waals surface area contributed by atoms with Crippen molar-refractivity contribution in [2.75, 3.05) is 20.1 Å². The summed E-state index contributed by atoms with van der Waals surface area (Å²) in [6, 6.07) is 4.30. The van der Waals surface area contributed by atoms with Gasteiger partial charge in [-0.25, -0.2) is 4.98 Å². The summed E-state index contributed by atoms with van der Waals surface area (Å²) in [5.74, 6) is 0.931. The molecule has 5 nitrogen and oxygen atoms in total. The van der Waals surface area contributed by atoms with Gasteiger partial charge in [0.15, 0.2) is 5.69 Å². The molecule has 3 heterocycles. The van der Waals surface area contributed by atoms with E-state index in [-0.39, 0.29) is 5.91 Å². The number of nitrogens with zero attached hydrogens (tertiary/aromatic N) is 2. The molecule has 2 aromatic rings. The van der Waals surface area contributed by atoms with Crippen molar-refractivity contribution < 1.29 is 9.21 Å². The minimum absolute atomic E-state index is 0.153. The molecule has 1 N–H and O–H groups in total. The van der Waals surface area contributed by atoms with E-state index in [9.17, 15) is 4.79 Å². The number of aryl methyl sites for hydroxylation is 1. The van der Waals surface area contributed by atoms with Crippen LogP contribution in [0.1, 0.15) is 29.1 Å². The molecule has 112 valence electrons. The largest absolute Gasteiger partial charge is 0.440 e. The second kappa shape index (κ2) is 5.99. The van der Waals surface area contributed by atoms with Crippen molar-refractivity contribution in [3.05, 3.63) is 29.0 Å². The number of hydrogen-bond acceptors (Lipinski definition) is 5. The van der Waals surface area contributed by atoms with Crippen LogP contribution in [-0.2, 0) is 0 Å². The molecule has 3 rings (SSSR count). The number of rotatable bonds is 4. The molecule has 1 atom stereocenters. The van der Waals surface area contributed by atoms with Gasteiger partial charge in [-0.15, -0.1) is 11.3 Å². The van der Waals surface area contributed by atoms with Crippen LogP contribution in [0.15, 0.2) is 21.9 Å². The molecule has 21 heavy (non-hydrogen) atoms. The van der Waals surface area contributed by atoms with Gasteiger partial charge >= 0.3 is 0 Å². The Morgan fingerprint density at radius 2 is 2.48 bits per heavy atom. The average Bonchev–Trinajstić information content (AvgIpc) is 3.16. The Kier molecular flexibility index (Phi) is 4.07. The lowest BCUT2D eigenvalue weighted by atomic mass is 10.2. The Labute approximate surface area is 128 Å². The van der Waals surface area contributed by atoms with Crippen molar-refractivity contribution in [3.8, 4) is 10.8 Å². The molecule has 0 aliphatic carbocycles. The monoisotopic (exact) mass is 305 g/mol. The second-order valence-corrected chi connectivity index (χ2v) is 6.34. The maximum Gasteiger partial charge on any atom is 0.273 e. The zero-order valence-electron chi connectivity index (χ0n) is 12.3. The van der Waals surface area contributed by atoms with Crippen LogP contribution in [0.2, 0.25) is 0 Å². The standard InChI is InChI=1S/C15H19N3O2S/c1-10-13(17-15(20-10)12-6-4-8-21-12)14(19)16-9-11-5-3-7-18(11)2/h4,6,8,11H,3,5,7,9H2,1-2H3,(H,16,19)/t11-/m0/s1. The quantitative estimate of drug-likeness (QED) is 0.943. The molecule has 0 radical (unpaired) electrons. The molecule has 0 spiro atoms. The smallest absolute Gasteiger partial charge is 0.273 e. The summed E-state index contributed by atoms with van der Waals surface area (Å²) >= 11 is 1.55. The van der Waals surface area contributed by atoms with E-state index in [0.717, 1.165) is 17.8 Å². The van der Waals surface area contributed by atoms with Gasteiger partial charge < -0.3 is 14.6 Å². The van der Waals surface area contributed by atoms with Gasteiger partial charge in [0.2, 0.25) is 5.89 Å². The van der Waals surface area contributed by atoms with E-state index in [4.69, 9.17) is 4.42 Å². The van der Waals surface area contributed by atoms with Gasteiger partial charge in [0.25, 0.3) is 5.91 Å². The number of amides is 1. The summed E-state index contributed by atoms with van der Waals surface area (Å²) in [6.07, 6.45) is 2.33. The lowest BCUT2D eigenvalue weighted by Crippen LogP contribution is -2.38. The number of hydrogen-bond donors (Lipinski definition) is 1. The number of thiophene rings is 1. The summed E-state index contributed by atoms with van der Waals surface area (Å²) in [7, 11) is 2.10. The number of carbonyl (C=O) groups is 1. The first-order valence-electron chi connectivity index (χ1n) is 7.15. The molecule has 0 saturated carbocycles. The highest BCUT2D eigenvalue weighted by Gasteiger charge is 2.23. The van der Waals surface area contributed by atoms with Crippen LogP contribution in [0.3, 0.4) is 0 Å². The van der Waals surface area contributed by atoms with Crippen molar-refractivity contribution in [2.24, 2.45) is 0 Å². The molecule has 1 aliphatic heterocycles. The van der Waals surface area contributed by atoms with Crippen LogP contribution in [0.4, 0.5) is 0 Å². The Morgan fingerprint density at radius 1 is 1.62 bits per heavy atom. The lowest BCUT2D eigenvalue weighted by Gasteiger charge is -2.19. The molecule has 1 saturated heterocycles. The van der Waals surface area contributed by atoms with Crippen LogP contribution in [0.25, 0.3) is 10.8 Å². The summed E-state index contributed by atoms with van der Waals surface area (Å²) in [5, 5.41) is 4.93. The number of aromatic nitrogens is 1. The minimum Gasteiger partial charge on any atom is -0.440 e. The van der Waals surface area contributed by atoms with Crippen molar-refractivity contribution >= 4 is 17.2 Å². The molecule has 0 bridgehead atoms. The normalized spacial score (nSPS) is 19.0. The fourth-order valence-electron chi connectivity index (χ4n) is 2.64. The van der Waals surface area contributed by atoms with E-state index in [2.05, 4.69) is 22.2 Å². The summed E-state index contributed by atoms with van der Waals surface area (Å²) in [4.78, 5) is 19.8. The predicted molar refractivity (Wildman–Crippen MR) is 82.5 cm³/mol. The molecule has 0 unspecified atom stereocenters. The van der Waals surface area contributed by atoms with Crippen LogP contribution in [0.5, 0.6) is 0 Å². The fourth-order valence-corrected chi connectivity index (χ4v) is 3.29. The van der Waals surface area contributed by atoms with Crippen molar-refractivity contribution in [1.29, 1.82) is 0 Å². The molecular weight excluding hydrogens is 286 g/mol. The number of likely N-dealkylation sites (tertiary alicyclic amines) is 1. The molecule has 1 aliphatic rings. The first-order chi connectivity index (χ1) is 10.1. The SMILES string of the molecule is Cc1oc(-c2cccs2)nc1C(=O)NC[C@@H]1CCCN1C. The van der Waals surface area contributed by atoms with E-state index in [1.807, 2.05) is 17.5 Å². The molecule has 2 aromatic heterocycles. The number of oxazole rings is 1. The fraction of sp³-hybridized carbons (Fsp3) is 0.467. The molecule has 6 heteroatoms. The second-order valence-electron chi connectivity index (χ2n) is 5.39. The van der Waals surface area contributed by atoms with E-state index in [1.165, 1.54) is 6.42 Å². The van der Waals surface area contributed by atoms with Gasteiger partial charge in [0.1, 0.15) is 5.76 Å². The third-order valence-corrected chi connectivity index (χ3v) is 4.77. The zero-order valence-corrected chi connectivity index (χ0v) is 13.1. The third-order valence-electron chi connectivity index (χ3n) is 3.91. The highest BCUT2D eigenvalue weighted by Crippen LogP contribution is 2.25. The number of carbonyl (C=O) groups excluding carboxylic acids is 1. The van der Waals surface area contributed by atoms with Crippen molar-refractivity contribution in [2.45, 2.75) is 25.8 Å². The predicted octanol–water partition coefficient (Wildman–Crippen LogP) is 2.54. The summed E-state index contributed by atoms with van der Waals surface area (Å²) in [6.45, 7) is 3.54. The van der Waals surface area contributed by atoms with Crippen molar-refractivity contribution in [3.63, 3.8) is 0 Å². The van der Waals surface area contributed by atoms with Gasteiger partial charge in [-0.2, -0.15) is 0 Å². The third kappa shape index (κ3) is 3.01. The maximum atomic E-state index is 12.3. The Morgan fingerprint density at radius 3 is 3.14 bits per heavy atom. The summed E-state index contributed by atoms with van der Waals surface area (Å²) in [5.41, 5.74) is 0.388. The van der Waals surface area contributed by atoms with Gasteiger partial charge in [-0.05, 0) is 44.8 Å². The first kappa shape index (κ1) is 14.3. The Balaban J connectivity index is 1.67. The zero-order chi connectivity index (χ0) is 14.8. The minimum atomic E-state index is -0.153. The van der Waals surface area contributed by atoms with E-state index in [1.54, 1.807) is 18.3 Å². The lowest BCUT2D eigenvalue weighted by molar-refractivity contribution is 0.0938. The van der Waals surface area contributed by atoms with Crippen LogP contribution >= 0.6 is 11.3 Å². The van der Waals surface area contributed by atoms with E-state index < -0.39 is 0 Å². The first-order valence-corrected chi connectivity index (χ1v) is 8.03. The van der Waals surface area contributed by atoms with Gasteiger partial charge in [0, 0.05) is 12.6 Å². The van der Waals surface area contributed by atoms with E-state index >= 15 is 0 Å². The molecule has 0 aromatic carbocycles. The van der Waals surface area contributed by atoms with E-state index in [0.29, 0.717) is 29.9 Å². The molecule has 1 amide bonds. The van der Waals surface area contributed by atoms with Gasteiger partial charge in [-0.1, -0.05) is 6.07 Å². The van der Waals surface area contributed by atoms with Crippen LogP contribution in [-0.4, -0.2) is 42.0 Å². The highest BCUT2D eigenvalue weighted by molar-refractivity contribution is 7.13.